The van der Waals surface area contributed by atoms with Crippen LogP contribution in [0.2, 0.25) is 0 Å². The number of carbonyl (C=O) groups is 1. The molecule has 2 aromatic carbocycles. The predicted molar refractivity (Wildman–Crippen MR) is 133 cm³/mol. The topological polar surface area (TPSA) is 136 Å². The molecule has 5 rings (SSSR count). The van der Waals surface area contributed by atoms with Crippen molar-refractivity contribution in [2.45, 2.75) is 22.6 Å². The van der Waals surface area contributed by atoms with Gasteiger partial charge in [-0.05, 0) is 55.3 Å². The van der Waals surface area contributed by atoms with E-state index in [1.54, 1.807) is 47.1 Å². The minimum absolute atomic E-state index is 0.0304. The third-order valence-corrected chi connectivity index (χ3v) is 7.98. The van der Waals surface area contributed by atoms with Gasteiger partial charge in [0, 0.05) is 18.2 Å². The Morgan fingerprint density at radius 3 is 2.44 bits per heavy atom. The molecule has 2 heterocycles. The third kappa shape index (κ3) is 5.34. The maximum Gasteiger partial charge on any atom is 0.261 e. The van der Waals surface area contributed by atoms with Crippen LogP contribution >= 0.6 is 0 Å². The molecule has 2 N–H and O–H groups in total. The normalized spacial score (nSPS) is 13.9. The number of imidazole rings is 1. The van der Waals surface area contributed by atoms with Crippen LogP contribution in [-0.4, -0.2) is 38.4 Å². The number of sulfone groups is 1. The van der Waals surface area contributed by atoms with Crippen molar-refractivity contribution in [3.05, 3.63) is 73.1 Å². The summed E-state index contributed by atoms with van der Waals surface area (Å²) in [5, 5.41) is 2.81. The van der Waals surface area contributed by atoms with Crippen molar-refractivity contribution in [1.29, 1.82) is 0 Å². The number of aromatic nitrogens is 2. The molecule has 0 bridgehead atoms. The van der Waals surface area contributed by atoms with E-state index in [1.165, 1.54) is 24.3 Å². The lowest BCUT2D eigenvalue weighted by Gasteiger charge is -2.11. The summed E-state index contributed by atoms with van der Waals surface area (Å²) in [6, 6.07) is 15.0. The van der Waals surface area contributed by atoms with E-state index in [1.807, 2.05) is 0 Å². The van der Waals surface area contributed by atoms with Crippen molar-refractivity contribution in [3.8, 4) is 11.5 Å². The van der Waals surface area contributed by atoms with Gasteiger partial charge in [0.05, 0.1) is 27.9 Å². The van der Waals surface area contributed by atoms with Crippen LogP contribution in [0.15, 0.2) is 82.8 Å². The molecule has 12 heteroatoms. The zero-order valence-corrected chi connectivity index (χ0v) is 20.7. The average molecular weight is 527 g/mol. The Bertz CT molecular complexity index is 1690. The Labute approximate surface area is 207 Å². The number of hydrogen-bond acceptors (Lipinski definition) is 7. The number of fused-ring (bicyclic) bond motifs is 1. The number of pyridine rings is 1. The fourth-order valence-electron chi connectivity index (χ4n) is 3.51. The highest BCUT2D eigenvalue weighted by molar-refractivity contribution is 7.93. The van der Waals surface area contributed by atoms with Gasteiger partial charge in [0.2, 0.25) is 5.91 Å². The largest absolute Gasteiger partial charge is 0.456 e. The molecule has 1 amide bonds. The number of nitrogens with zero attached hydrogens (tertiary/aromatic N) is 2. The Morgan fingerprint density at radius 1 is 0.944 bits per heavy atom. The summed E-state index contributed by atoms with van der Waals surface area (Å²) in [7, 11) is -7.60. The molecule has 2 aromatic heterocycles. The van der Waals surface area contributed by atoms with E-state index in [2.05, 4.69) is 15.0 Å². The van der Waals surface area contributed by atoms with Crippen molar-refractivity contribution in [2.75, 3.05) is 16.3 Å². The molecule has 4 aromatic rings. The number of benzene rings is 2. The maximum atomic E-state index is 12.8. The third-order valence-electron chi connectivity index (χ3n) is 5.49. The van der Waals surface area contributed by atoms with E-state index in [9.17, 15) is 21.6 Å². The van der Waals surface area contributed by atoms with E-state index in [0.717, 1.165) is 25.2 Å². The number of anilines is 2. The first-order valence-corrected chi connectivity index (χ1v) is 14.3. The minimum atomic E-state index is -4.04. The molecule has 0 atom stereocenters. The van der Waals surface area contributed by atoms with Crippen LogP contribution in [0.3, 0.4) is 0 Å². The molecule has 0 aliphatic heterocycles. The molecule has 36 heavy (non-hydrogen) atoms. The zero-order chi connectivity index (χ0) is 25.5. The van der Waals surface area contributed by atoms with Crippen molar-refractivity contribution >= 4 is 42.9 Å². The van der Waals surface area contributed by atoms with Crippen molar-refractivity contribution < 1.29 is 26.4 Å². The van der Waals surface area contributed by atoms with Crippen LogP contribution in [-0.2, 0) is 24.7 Å². The van der Waals surface area contributed by atoms with Gasteiger partial charge in [-0.3, -0.25) is 9.52 Å². The fraction of sp³-hybridized carbons (Fsp3) is 0.167. The first-order chi connectivity index (χ1) is 17.1. The van der Waals surface area contributed by atoms with Gasteiger partial charge >= 0.3 is 0 Å². The van der Waals surface area contributed by atoms with Crippen LogP contribution in [0.25, 0.3) is 5.65 Å². The average Bonchev–Trinajstić information content (AvgIpc) is 3.59. The first-order valence-electron chi connectivity index (χ1n) is 11.0. The summed E-state index contributed by atoms with van der Waals surface area (Å²) in [5.41, 5.74) is 0.873. The van der Waals surface area contributed by atoms with E-state index in [4.69, 9.17) is 4.74 Å². The van der Waals surface area contributed by atoms with Gasteiger partial charge in [0.1, 0.15) is 17.1 Å². The molecule has 0 radical (unpaired) electrons. The van der Waals surface area contributed by atoms with E-state index in [0.29, 0.717) is 23.0 Å². The lowest BCUT2D eigenvalue weighted by molar-refractivity contribution is -0.117. The van der Waals surface area contributed by atoms with Gasteiger partial charge in [0.15, 0.2) is 15.7 Å². The SMILES string of the molecule is CS(=O)(=O)c1cccc(S(=O)(=O)Nc2cccc(Oc3ccc4nc(NC(=O)C5CC5)cn4c3)c2)c1. The maximum absolute atomic E-state index is 12.8. The van der Waals surface area contributed by atoms with Gasteiger partial charge in [-0.25, -0.2) is 21.8 Å². The van der Waals surface area contributed by atoms with Crippen LogP contribution in [0.5, 0.6) is 11.5 Å². The summed E-state index contributed by atoms with van der Waals surface area (Å²) in [6.45, 7) is 0. The number of amides is 1. The zero-order valence-electron chi connectivity index (χ0n) is 19.1. The van der Waals surface area contributed by atoms with Crippen LogP contribution in [0.1, 0.15) is 12.8 Å². The van der Waals surface area contributed by atoms with Crippen LogP contribution < -0.4 is 14.8 Å². The molecule has 1 aliphatic carbocycles. The van der Waals surface area contributed by atoms with Gasteiger partial charge in [-0.15, -0.1) is 0 Å². The number of ether oxygens (including phenoxy) is 1. The summed E-state index contributed by atoms with van der Waals surface area (Å²) in [5.74, 6) is 1.35. The second-order valence-corrected chi connectivity index (χ2v) is 12.2. The van der Waals surface area contributed by atoms with Gasteiger partial charge in [-0.1, -0.05) is 12.1 Å². The summed E-state index contributed by atoms with van der Waals surface area (Å²) >= 11 is 0. The quantitative estimate of drug-likeness (QED) is 0.357. The van der Waals surface area contributed by atoms with Crippen molar-refractivity contribution in [3.63, 3.8) is 0 Å². The number of sulfonamides is 1. The van der Waals surface area contributed by atoms with Gasteiger partial charge < -0.3 is 14.5 Å². The molecule has 186 valence electrons. The number of hydrogen-bond donors (Lipinski definition) is 2. The van der Waals surface area contributed by atoms with Crippen LogP contribution in [0.4, 0.5) is 11.5 Å². The molecule has 0 spiro atoms. The Morgan fingerprint density at radius 2 is 1.69 bits per heavy atom. The first kappa shape index (κ1) is 23.8. The Kier molecular flexibility index (Phi) is 5.92. The van der Waals surface area contributed by atoms with E-state index >= 15 is 0 Å². The highest BCUT2D eigenvalue weighted by Crippen LogP contribution is 2.30. The molecule has 1 aliphatic rings. The highest BCUT2D eigenvalue weighted by Gasteiger charge is 2.30. The van der Waals surface area contributed by atoms with Crippen molar-refractivity contribution in [2.24, 2.45) is 5.92 Å². The summed E-state index contributed by atoms with van der Waals surface area (Å²) in [6.07, 6.45) is 6.21. The Hall–Kier alpha value is -3.90. The highest BCUT2D eigenvalue weighted by atomic mass is 32.2. The standard InChI is InChI=1S/C24H22N4O6S2/c1-35(30,31)20-6-3-7-21(13-20)36(32,33)27-17-4-2-5-18(12-17)34-19-10-11-23-25-22(15-28(23)14-19)26-24(29)16-8-9-16/h2-7,10-16,27H,8-9H2,1H3,(H,26,29). The second-order valence-electron chi connectivity index (χ2n) is 8.50. The van der Waals surface area contributed by atoms with Crippen molar-refractivity contribution in [1.82, 2.24) is 9.38 Å². The van der Waals surface area contributed by atoms with E-state index in [-0.39, 0.29) is 27.3 Å². The number of rotatable bonds is 8. The molecule has 10 nitrogen and oxygen atoms in total. The monoisotopic (exact) mass is 526 g/mol. The summed E-state index contributed by atoms with van der Waals surface area (Å²) in [4.78, 5) is 16.1. The van der Waals surface area contributed by atoms with Gasteiger partial charge in [0.25, 0.3) is 10.0 Å². The van der Waals surface area contributed by atoms with E-state index < -0.39 is 19.9 Å². The summed E-state index contributed by atoms with van der Waals surface area (Å²) < 4.78 is 59.3. The molecule has 0 saturated heterocycles. The molecular formula is C24H22N4O6S2. The van der Waals surface area contributed by atoms with Gasteiger partial charge in [-0.2, -0.15) is 0 Å². The molecule has 1 saturated carbocycles. The second kappa shape index (κ2) is 8.95. The fourth-order valence-corrected chi connectivity index (χ4v) is 5.35. The van der Waals surface area contributed by atoms with Crippen LogP contribution in [0, 0.1) is 5.92 Å². The molecule has 0 unspecified atom stereocenters. The molecular weight excluding hydrogens is 504 g/mol. The number of nitrogens with one attached hydrogen (secondary N) is 2. The predicted octanol–water partition coefficient (Wildman–Crippen LogP) is 3.68. The smallest absolute Gasteiger partial charge is 0.261 e. The molecule has 1 fully saturated rings. The number of carbonyl (C=O) groups excluding carboxylic acids is 1. The minimum Gasteiger partial charge on any atom is -0.456 e. The lowest BCUT2D eigenvalue weighted by Crippen LogP contribution is -2.13. The Balaban J connectivity index is 1.32. The lowest BCUT2D eigenvalue weighted by atomic mass is 10.3.